The van der Waals surface area contributed by atoms with E-state index >= 15 is 0 Å². The summed E-state index contributed by atoms with van der Waals surface area (Å²) in [4.78, 5) is 10.9. The van der Waals surface area contributed by atoms with Crippen LogP contribution in [0.3, 0.4) is 0 Å². The molecule has 1 aliphatic rings. The summed E-state index contributed by atoms with van der Waals surface area (Å²) in [5.41, 5.74) is 9.90. The Bertz CT molecular complexity index is 225. The number of nitrogens with two attached hydrogens (primary N) is 2. The molecule has 1 aliphatic heterocycles. The van der Waals surface area contributed by atoms with E-state index in [0.29, 0.717) is 18.9 Å². The van der Waals surface area contributed by atoms with E-state index in [-0.39, 0.29) is 0 Å². The zero-order chi connectivity index (χ0) is 12.0. The number of carbonyl (C=O) groups excluding carboxylic acids is 1. The molecule has 1 unspecified atom stereocenters. The second-order valence-electron chi connectivity index (χ2n) is 4.66. The molecule has 1 saturated heterocycles. The molecule has 0 bridgehead atoms. The van der Waals surface area contributed by atoms with Gasteiger partial charge >= 0.3 is 0 Å². The molecule has 5 nitrogen and oxygen atoms in total. The van der Waals surface area contributed by atoms with Crippen molar-refractivity contribution in [2.24, 2.45) is 17.4 Å². The van der Waals surface area contributed by atoms with Crippen molar-refractivity contribution in [3.8, 4) is 0 Å². The van der Waals surface area contributed by atoms with Gasteiger partial charge in [-0.05, 0) is 32.1 Å². The summed E-state index contributed by atoms with van der Waals surface area (Å²) in [6, 6.07) is 0. The minimum atomic E-state index is -0.963. The average Bonchev–Trinajstić information content (AvgIpc) is 2.26. The lowest BCUT2D eigenvalue weighted by atomic mass is 9.99. The third-order valence-corrected chi connectivity index (χ3v) is 3.02. The molecule has 0 aliphatic carbocycles. The van der Waals surface area contributed by atoms with Gasteiger partial charge in [-0.25, -0.2) is 0 Å². The smallest absolute Gasteiger partial charge is 0.237 e. The van der Waals surface area contributed by atoms with Crippen LogP contribution in [0.15, 0.2) is 0 Å². The molecule has 5 heteroatoms. The van der Waals surface area contributed by atoms with Gasteiger partial charge in [0.2, 0.25) is 5.91 Å². The van der Waals surface area contributed by atoms with Crippen LogP contribution in [-0.4, -0.2) is 37.9 Å². The fourth-order valence-electron chi connectivity index (χ4n) is 1.57. The predicted octanol–water partition coefficient (Wildman–Crippen LogP) is 0.0224. The van der Waals surface area contributed by atoms with Crippen LogP contribution >= 0.6 is 0 Å². The molecule has 1 atom stereocenters. The molecule has 1 rings (SSSR count). The first-order chi connectivity index (χ1) is 7.52. The van der Waals surface area contributed by atoms with E-state index in [1.807, 2.05) is 0 Å². The summed E-state index contributed by atoms with van der Waals surface area (Å²) >= 11 is 0. The summed E-state index contributed by atoms with van der Waals surface area (Å²) < 4.78 is 10.8. The summed E-state index contributed by atoms with van der Waals surface area (Å²) in [5.74, 6) is 0.0912. The van der Waals surface area contributed by atoms with Gasteiger partial charge in [-0.1, -0.05) is 0 Å². The first-order valence-electron chi connectivity index (χ1n) is 5.76. The molecule has 0 spiro atoms. The van der Waals surface area contributed by atoms with Gasteiger partial charge in [0.25, 0.3) is 0 Å². The topological polar surface area (TPSA) is 87.6 Å². The van der Waals surface area contributed by atoms with Gasteiger partial charge in [-0.15, -0.1) is 0 Å². The van der Waals surface area contributed by atoms with Crippen molar-refractivity contribution in [2.45, 2.75) is 31.7 Å². The normalized spacial score (nSPS) is 21.6. The van der Waals surface area contributed by atoms with E-state index in [0.717, 1.165) is 32.7 Å². The Morgan fingerprint density at radius 2 is 2.12 bits per heavy atom. The maximum atomic E-state index is 10.9. The largest absolute Gasteiger partial charge is 0.381 e. The van der Waals surface area contributed by atoms with Crippen LogP contribution in [0.2, 0.25) is 0 Å². The van der Waals surface area contributed by atoms with Crippen LogP contribution in [0.1, 0.15) is 26.2 Å². The van der Waals surface area contributed by atoms with Gasteiger partial charge in [-0.2, -0.15) is 0 Å². The number of primary amides is 1. The summed E-state index contributed by atoms with van der Waals surface area (Å²) in [5, 5.41) is 0. The van der Waals surface area contributed by atoms with Gasteiger partial charge in [0.15, 0.2) is 0 Å². The Balaban J connectivity index is 2.09. The van der Waals surface area contributed by atoms with Gasteiger partial charge in [0.05, 0.1) is 5.54 Å². The molecule has 0 aromatic rings. The minimum Gasteiger partial charge on any atom is -0.381 e. The molecule has 0 saturated carbocycles. The molecule has 0 aromatic carbocycles. The molecule has 16 heavy (non-hydrogen) atoms. The van der Waals surface area contributed by atoms with E-state index in [1.165, 1.54) is 0 Å². The van der Waals surface area contributed by atoms with Crippen LogP contribution in [0.25, 0.3) is 0 Å². The molecule has 1 fully saturated rings. The molecule has 1 amide bonds. The zero-order valence-electron chi connectivity index (χ0n) is 9.91. The van der Waals surface area contributed by atoms with Crippen LogP contribution in [0, 0.1) is 5.92 Å². The third-order valence-electron chi connectivity index (χ3n) is 3.02. The Morgan fingerprint density at radius 1 is 1.50 bits per heavy atom. The standard InChI is InChI=1S/C11H22N2O3/c1-11(13,10(12)14)4-7-16-8-9-2-5-15-6-3-9/h9H,2-8,13H2,1H3,(H2,12,14). The number of carbonyl (C=O) groups is 1. The molecular weight excluding hydrogens is 208 g/mol. The highest BCUT2D eigenvalue weighted by molar-refractivity contribution is 5.83. The highest BCUT2D eigenvalue weighted by atomic mass is 16.5. The summed E-state index contributed by atoms with van der Waals surface area (Å²) in [7, 11) is 0. The van der Waals surface area contributed by atoms with Gasteiger partial charge in [0.1, 0.15) is 0 Å². The highest BCUT2D eigenvalue weighted by Gasteiger charge is 2.25. The Hall–Kier alpha value is -0.650. The lowest BCUT2D eigenvalue weighted by Gasteiger charge is -2.23. The predicted molar refractivity (Wildman–Crippen MR) is 60.8 cm³/mol. The SMILES string of the molecule is CC(N)(CCOCC1CCOCC1)C(N)=O. The first kappa shape index (κ1) is 13.4. The van der Waals surface area contributed by atoms with Crippen molar-refractivity contribution in [3.63, 3.8) is 0 Å². The van der Waals surface area contributed by atoms with Crippen LogP contribution in [0.5, 0.6) is 0 Å². The molecule has 4 N–H and O–H groups in total. The summed E-state index contributed by atoms with van der Waals surface area (Å²) in [6.07, 6.45) is 2.57. The van der Waals surface area contributed by atoms with Gasteiger partial charge in [0, 0.05) is 26.4 Å². The van der Waals surface area contributed by atoms with Crippen molar-refractivity contribution < 1.29 is 14.3 Å². The van der Waals surface area contributed by atoms with Crippen molar-refractivity contribution in [3.05, 3.63) is 0 Å². The lowest BCUT2D eigenvalue weighted by molar-refractivity contribution is -0.123. The highest BCUT2D eigenvalue weighted by Crippen LogP contribution is 2.15. The Morgan fingerprint density at radius 3 is 2.69 bits per heavy atom. The van der Waals surface area contributed by atoms with E-state index in [9.17, 15) is 4.79 Å². The fourth-order valence-corrected chi connectivity index (χ4v) is 1.57. The van der Waals surface area contributed by atoms with Crippen molar-refractivity contribution in [1.82, 2.24) is 0 Å². The monoisotopic (exact) mass is 230 g/mol. The molecule has 94 valence electrons. The number of amides is 1. The van der Waals surface area contributed by atoms with Crippen molar-refractivity contribution in [1.29, 1.82) is 0 Å². The maximum Gasteiger partial charge on any atom is 0.237 e. The maximum absolute atomic E-state index is 10.9. The minimum absolute atomic E-state index is 0.464. The van der Waals surface area contributed by atoms with E-state index in [1.54, 1.807) is 6.92 Å². The number of ether oxygens (including phenoxy) is 2. The number of rotatable bonds is 6. The number of hydrogen-bond donors (Lipinski definition) is 2. The third kappa shape index (κ3) is 4.47. The zero-order valence-corrected chi connectivity index (χ0v) is 9.91. The Labute approximate surface area is 96.5 Å². The first-order valence-corrected chi connectivity index (χ1v) is 5.76. The van der Waals surface area contributed by atoms with E-state index in [2.05, 4.69) is 0 Å². The van der Waals surface area contributed by atoms with Crippen LogP contribution in [0.4, 0.5) is 0 Å². The quantitative estimate of drug-likeness (QED) is 0.630. The van der Waals surface area contributed by atoms with E-state index < -0.39 is 11.4 Å². The van der Waals surface area contributed by atoms with Crippen molar-refractivity contribution >= 4 is 5.91 Å². The average molecular weight is 230 g/mol. The Kier molecular flexibility index (Phi) is 5.18. The number of hydrogen-bond acceptors (Lipinski definition) is 4. The molecule has 0 aromatic heterocycles. The summed E-state index contributed by atoms with van der Waals surface area (Å²) in [6.45, 7) is 4.48. The molecule has 0 radical (unpaired) electrons. The lowest BCUT2D eigenvalue weighted by Crippen LogP contribution is -2.50. The second kappa shape index (κ2) is 6.18. The van der Waals surface area contributed by atoms with Gasteiger partial charge < -0.3 is 20.9 Å². The van der Waals surface area contributed by atoms with Crippen molar-refractivity contribution in [2.75, 3.05) is 26.4 Å². The van der Waals surface area contributed by atoms with E-state index in [4.69, 9.17) is 20.9 Å². The van der Waals surface area contributed by atoms with Crippen LogP contribution < -0.4 is 11.5 Å². The second-order valence-corrected chi connectivity index (χ2v) is 4.66. The van der Waals surface area contributed by atoms with Crippen LogP contribution in [-0.2, 0) is 14.3 Å². The molecule has 1 heterocycles. The van der Waals surface area contributed by atoms with Gasteiger partial charge in [-0.3, -0.25) is 4.79 Å². The molecular formula is C11H22N2O3. The fraction of sp³-hybridized carbons (Fsp3) is 0.909.